The van der Waals surface area contributed by atoms with E-state index in [4.69, 9.17) is 9.72 Å². The molecule has 3 nitrogen and oxygen atoms in total. The van der Waals surface area contributed by atoms with Gasteiger partial charge in [0, 0.05) is 12.5 Å². The molecule has 0 bridgehead atoms. The fourth-order valence-electron chi connectivity index (χ4n) is 4.57. The third-order valence-electron chi connectivity index (χ3n) is 6.63. The lowest BCUT2D eigenvalue weighted by Gasteiger charge is -2.17. The van der Waals surface area contributed by atoms with E-state index in [-0.39, 0.29) is 5.92 Å². The second-order valence-corrected chi connectivity index (χ2v) is 9.14. The number of nitrogens with zero attached hydrogens (tertiary/aromatic N) is 2. The Kier molecular flexibility index (Phi) is 5.63. The first-order valence-electron chi connectivity index (χ1n) is 11.6. The fourth-order valence-corrected chi connectivity index (χ4v) is 4.57. The molecule has 0 radical (unpaired) electrons. The number of ether oxygens (including phenoxy) is 1. The van der Waals surface area contributed by atoms with Gasteiger partial charge in [0.15, 0.2) is 0 Å². The van der Waals surface area contributed by atoms with Crippen molar-refractivity contribution in [3.63, 3.8) is 0 Å². The maximum atomic E-state index is 5.38. The van der Waals surface area contributed by atoms with E-state index >= 15 is 0 Å². The van der Waals surface area contributed by atoms with Crippen LogP contribution in [0.3, 0.4) is 0 Å². The van der Waals surface area contributed by atoms with E-state index in [1.807, 2.05) is 6.07 Å². The Balaban J connectivity index is 1.55. The van der Waals surface area contributed by atoms with Gasteiger partial charge in [-0.1, -0.05) is 81.4 Å². The molecule has 4 aromatic carbocycles. The summed E-state index contributed by atoms with van der Waals surface area (Å²) >= 11 is 0. The van der Waals surface area contributed by atoms with Gasteiger partial charge in [0.1, 0.15) is 11.6 Å². The van der Waals surface area contributed by atoms with E-state index in [0.29, 0.717) is 5.92 Å². The van der Waals surface area contributed by atoms with E-state index in [1.54, 1.807) is 7.11 Å². The van der Waals surface area contributed by atoms with Crippen LogP contribution in [-0.2, 0) is 6.54 Å². The molecule has 0 aliphatic heterocycles. The predicted molar refractivity (Wildman–Crippen MR) is 137 cm³/mol. The topological polar surface area (TPSA) is 27.1 Å². The Morgan fingerprint density at radius 3 is 2.24 bits per heavy atom. The average molecular weight is 435 g/mol. The van der Waals surface area contributed by atoms with Crippen molar-refractivity contribution in [2.24, 2.45) is 0 Å². The van der Waals surface area contributed by atoms with Crippen molar-refractivity contribution in [3.05, 3.63) is 107 Å². The summed E-state index contributed by atoms with van der Waals surface area (Å²) in [5.41, 5.74) is 6.15. The van der Waals surface area contributed by atoms with Gasteiger partial charge in [0.2, 0.25) is 0 Å². The number of imidazole rings is 1. The van der Waals surface area contributed by atoms with Crippen molar-refractivity contribution in [2.75, 3.05) is 7.11 Å². The van der Waals surface area contributed by atoms with Gasteiger partial charge in [-0.2, -0.15) is 0 Å². The summed E-state index contributed by atoms with van der Waals surface area (Å²) in [5, 5.41) is 2.40. The first-order valence-corrected chi connectivity index (χ1v) is 11.6. The molecule has 0 aliphatic carbocycles. The zero-order valence-electron chi connectivity index (χ0n) is 19.7. The van der Waals surface area contributed by atoms with Crippen LogP contribution in [0.1, 0.15) is 55.1 Å². The lowest BCUT2D eigenvalue weighted by Crippen LogP contribution is -2.09. The molecule has 0 saturated carbocycles. The number of fused-ring (bicyclic) bond motifs is 2. The minimum absolute atomic E-state index is 0.166. The van der Waals surface area contributed by atoms with Crippen molar-refractivity contribution in [2.45, 2.75) is 39.2 Å². The van der Waals surface area contributed by atoms with Gasteiger partial charge in [0.25, 0.3) is 0 Å². The fraction of sp³-hybridized carbons (Fsp3) is 0.233. The van der Waals surface area contributed by atoms with E-state index in [9.17, 15) is 0 Å². The number of hydrogen-bond donors (Lipinski definition) is 0. The molecular weight excluding hydrogens is 404 g/mol. The molecule has 0 aliphatic rings. The van der Waals surface area contributed by atoms with Crippen LogP contribution < -0.4 is 4.74 Å². The van der Waals surface area contributed by atoms with Crippen LogP contribution >= 0.6 is 0 Å². The normalized spacial score (nSPS) is 12.5. The summed E-state index contributed by atoms with van der Waals surface area (Å²) in [7, 11) is 1.71. The van der Waals surface area contributed by atoms with Crippen LogP contribution in [-0.4, -0.2) is 16.7 Å². The average Bonchev–Trinajstić information content (AvgIpc) is 3.21. The lowest BCUT2D eigenvalue weighted by molar-refractivity contribution is 0.415. The number of aromatic nitrogens is 2. The first kappa shape index (κ1) is 21.3. The molecule has 166 valence electrons. The summed E-state index contributed by atoms with van der Waals surface area (Å²) in [6.07, 6.45) is 0. The van der Waals surface area contributed by atoms with E-state index in [2.05, 4.69) is 104 Å². The van der Waals surface area contributed by atoms with E-state index < -0.39 is 0 Å². The molecule has 5 aromatic rings. The molecule has 0 N–H and O–H groups in total. The van der Waals surface area contributed by atoms with Gasteiger partial charge >= 0.3 is 0 Å². The Morgan fingerprint density at radius 1 is 0.788 bits per heavy atom. The summed E-state index contributed by atoms with van der Waals surface area (Å²) in [4.78, 5) is 5.08. The molecule has 3 heteroatoms. The van der Waals surface area contributed by atoms with Crippen LogP contribution in [0.15, 0.2) is 84.9 Å². The summed E-state index contributed by atoms with van der Waals surface area (Å²) in [6, 6.07) is 30.4. The van der Waals surface area contributed by atoms with Crippen molar-refractivity contribution < 1.29 is 4.74 Å². The van der Waals surface area contributed by atoms with Crippen molar-refractivity contribution in [1.82, 2.24) is 9.55 Å². The maximum Gasteiger partial charge on any atom is 0.119 e. The van der Waals surface area contributed by atoms with Gasteiger partial charge in [-0.3, -0.25) is 0 Å². The highest BCUT2D eigenvalue weighted by molar-refractivity contribution is 5.85. The smallest absolute Gasteiger partial charge is 0.119 e. The van der Waals surface area contributed by atoms with Gasteiger partial charge < -0.3 is 9.30 Å². The van der Waals surface area contributed by atoms with Gasteiger partial charge in [-0.25, -0.2) is 4.98 Å². The second-order valence-electron chi connectivity index (χ2n) is 9.14. The third-order valence-corrected chi connectivity index (χ3v) is 6.63. The van der Waals surface area contributed by atoms with E-state index in [1.165, 1.54) is 33.0 Å². The first-order chi connectivity index (χ1) is 16.0. The number of methoxy groups -OCH3 is 1. The van der Waals surface area contributed by atoms with Gasteiger partial charge in [0.05, 0.1) is 18.1 Å². The highest BCUT2D eigenvalue weighted by Gasteiger charge is 2.19. The summed E-state index contributed by atoms with van der Waals surface area (Å²) in [6.45, 7) is 7.53. The lowest BCUT2D eigenvalue weighted by atomic mass is 9.96. The van der Waals surface area contributed by atoms with Gasteiger partial charge in [-0.05, 0) is 57.6 Å². The molecule has 0 fully saturated rings. The number of hydrogen-bond acceptors (Lipinski definition) is 2. The Labute approximate surface area is 195 Å². The molecule has 1 heterocycles. The number of benzene rings is 4. The van der Waals surface area contributed by atoms with Crippen LogP contribution in [0.4, 0.5) is 0 Å². The molecule has 0 saturated heterocycles. The Hall–Kier alpha value is -3.59. The molecule has 1 atom stereocenters. The second kappa shape index (κ2) is 8.74. The molecule has 1 unspecified atom stereocenters. The number of para-hydroxylation sites is 2. The van der Waals surface area contributed by atoms with Crippen LogP contribution in [0, 0.1) is 0 Å². The van der Waals surface area contributed by atoms with Crippen LogP contribution in [0.25, 0.3) is 21.8 Å². The molecule has 0 amide bonds. The highest BCUT2D eigenvalue weighted by Crippen LogP contribution is 2.31. The standard InChI is InChI=1S/C30H30N2O/c1-20(2)23-11-9-22(10-12-23)19-32-29-8-6-5-7-28(29)31-30(32)21(3)24-13-14-26-18-27(33-4)16-15-25(26)17-24/h5-18,20-21H,19H2,1-4H3. The minimum Gasteiger partial charge on any atom is -0.497 e. The number of rotatable bonds is 6. The molecule has 5 rings (SSSR count). The monoisotopic (exact) mass is 434 g/mol. The Bertz CT molecular complexity index is 1410. The predicted octanol–water partition coefficient (Wildman–Crippen LogP) is 7.52. The molecule has 0 spiro atoms. The third kappa shape index (κ3) is 4.11. The summed E-state index contributed by atoms with van der Waals surface area (Å²) in [5.74, 6) is 2.68. The maximum absolute atomic E-state index is 5.38. The van der Waals surface area contributed by atoms with Crippen molar-refractivity contribution >= 4 is 21.8 Å². The molecule has 33 heavy (non-hydrogen) atoms. The largest absolute Gasteiger partial charge is 0.497 e. The molecule has 1 aromatic heterocycles. The Morgan fingerprint density at radius 2 is 1.48 bits per heavy atom. The summed E-state index contributed by atoms with van der Waals surface area (Å²) < 4.78 is 7.76. The van der Waals surface area contributed by atoms with Crippen LogP contribution in [0.2, 0.25) is 0 Å². The highest BCUT2D eigenvalue weighted by atomic mass is 16.5. The molecular formula is C30H30N2O. The van der Waals surface area contributed by atoms with E-state index in [0.717, 1.165) is 23.6 Å². The zero-order valence-corrected chi connectivity index (χ0v) is 19.7. The van der Waals surface area contributed by atoms with Crippen LogP contribution in [0.5, 0.6) is 5.75 Å². The van der Waals surface area contributed by atoms with Gasteiger partial charge in [-0.15, -0.1) is 0 Å². The SMILES string of the molecule is COc1ccc2cc(C(C)c3nc4ccccc4n3Cc3ccc(C(C)C)cc3)ccc2c1. The minimum atomic E-state index is 0.166. The van der Waals surface area contributed by atoms with Crippen molar-refractivity contribution in [1.29, 1.82) is 0 Å². The zero-order chi connectivity index (χ0) is 22.9. The van der Waals surface area contributed by atoms with Crippen molar-refractivity contribution in [3.8, 4) is 5.75 Å². The quantitative estimate of drug-likeness (QED) is 0.276.